The maximum atomic E-state index is 12.2. The molecule has 1 aromatic rings. The lowest BCUT2D eigenvalue weighted by atomic mass is 9.73. The third kappa shape index (κ3) is 4.63. The van der Waals surface area contributed by atoms with Crippen LogP contribution in [0.1, 0.15) is 44.8 Å². The van der Waals surface area contributed by atoms with Gasteiger partial charge in [0.15, 0.2) is 0 Å². The van der Waals surface area contributed by atoms with E-state index in [-0.39, 0.29) is 11.7 Å². The van der Waals surface area contributed by atoms with Crippen molar-refractivity contribution in [3.05, 3.63) is 29.8 Å². The third-order valence-corrected chi connectivity index (χ3v) is 4.09. The summed E-state index contributed by atoms with van der Waals surface area (Å²) in [6.45, 7) is 4.30. The van der Waals surface area contributed by atoms with Gasteiger partial charge >= 0.3 is 6.36 Å². The molecule has 0 heterocycles. The summed E-state index contributed by atoms with van der Waals surface area (Å²) in [7, 11) is 0. The van der Waals surface area contributed by atoms with E-state index in [1.54, 1.807) is 6.07 Å². The molecule has 0 saturated heterocycles. The monoisotopic (exact) mass is 302 g/mol. The fraction of sp³-hybridized carbons (Fsp3) is 0.625. The number of hydrogen-bond acceptors (Lipinski definition) is 2. The average molecular weight is 302 g/mol. The van der Waals surface area contributed by atoms with E-state index in [2.05, 4.69) is 18.6 Å². The van der Waals surface area contributed by atoms with E-state index >= 15 is 0 Å². The van der Waals surface area contributed by atoms with E-state index in [0.717, 1.165) is 19.3 Å². The highest BCUT2D eigenvalue weighted by Crippen LogP contribution is 2.40. The molecule has 118 valence electrons. The molecule has 0 radical (unpaired) electrons. The summed E-state index contributed by atoms with van der Waals surface area (Å²) in [4.78, 5) is 0. The molecule has 5 heteroatoms. The number of aliphatic hydroxyl groups is 1. The van der Waals surface area contributed by atoms with Gasteiger partial charge in [-0.15, -0.1) is 13.2 Å². The number of rotatable bonds is 3. The van der Waals surface area contributed by atoms with Gasteiger partial charge < -0.3 is 9.84 Å². The van der Waals surface area contributed by atoms with E-state index in [1.807, 2.05) is 0 Å². The molecule has 2 rings (SSSR count). The maximum Gasteiger partial charge on any atom is 0.573 e. The van der Waals surface area contributed by atoms with Crippen molar-refractivity contribution in [1.82, 2.24) is 0 Å². The van der Waals surface area contributed by atoms with Crippen LogP contribution in [0, 0.1) is 17.8 Å². The summed E-state index contributed by atoms with van der Waals surface area (Å²) in [5, 5.41) is 10.5. The fourth-order valence-corrected chi connectivity index (χ4v) is 3.43. The minimum Gasteiger partial charge on any atom is -0.406 e. The predicted octanol–water partition coefficient (Wildman–Crippen LogP) is 4.69. The Kier molecular flexibility index (Phi) is 4.81. The SMILES string of the molecule is CC1CC(C)CC(C(O)c2cccc(OC(F)(F)F)c2)C1. The molecule has 0 amide bonds. The van der Waals surface area contributed by atoms with Crippen molar-refractivity contribution in [2.75, 3.05) is 0 Å². The number of alkyl halides is 3. The van der Waals surface area contributed by atoms with Gasteiger partial charge in [0, 0.05) is 0 Å². The van der Waals surface area contributed by atoms with Gasteiger partial charge in [0.25, 0.3) is 0 Å². The number of hydrogen-bond donors (Lipinski definition) is 1. The van der Waals surface area contributed by atoms with Gasteiger partial charge in [0.1, 0.15) is 5.75 Å². The van der Waals surface area contributed by atoms with Gasteiger partial charge in [-0.25, -0.2) is 0 Å². The van der Waals surface area contributed by atoms with Crippen LogP contribution in [0.5, 0.6) is 5.75 Å². The van der Waals surface area contributed by atoms with Crippen LogP contribution in [0.25, 0.3) is 0 Å². The second-order valence-electron chi connectivity index (χ2n) is 6.24. The Morgan fingerprint density at radius 1 is 1.14 bits per heavy atom. The summed E-state index contributed by atoms with van der Waals surface area (Å²) in [5.41, 5.74) is 0.489. The minimum absolute atomic E-state index is 0.0879. The molecule has 0 spiro atoms. The van der Waals surface area contributed by atoms with Crippen LogP contribution in [0.4, 0.5) is 13.2 Å². The highest BCUT2D eigenvalue weighted by atomic mass is 19.4. The van der Waals surface area contributed by atoms with Crippen molar-refractivity contribution in [3.8, 4) is 5.75 Å². The predicted molar refractivity (Wildman–Crippen MR) is 73.8 cm³/mol. The van der Waals surface area contributed by atoms with Crippen molar-refractivity contribution in [3.63, 3.8) is 0 Å². The first-order chi connectivity index (χ1) is 9.74. The zero-order chi connectivity index (χ0) is 15.6. The van der Waals surface area contributed by atoms with Crippen LogP contribution in [-0.4, -0.2) is 11.5 Å². The van der Waals surface area contributed by atoms with E-state index in [4.69, 9.17) is 0 Å². The van der Waals surface area contributed by atoms with Crippen molar-refractivity contribution < 1.29 is 23.0 Å². The average Bonchev–Trinajstić information content (AvgIpc) is 2.35. The van der Waals surface area contributed by atoms with Gasteiger partial charge in [-0.2, -0.15) is 0 Å². The lowest BCUT2D eigenvalue weighted by Crippen LogP contribution is -2.24. The molecule has 1 fully saturated rings. The Labute approximate surface area is 122 Å². The van der Waals surface area contributed by atoms with E-state index in [1.165, 1.54) is 18.2 Å². The first-order valence-corrected chi connectivity index (χ1v) is 7.28. The number of benzene rings is 1. The van der Waals surface area contributed by atoms with Crippen LogP contribution in [0.2, 0.25) is 0 Å². The zero-order valence-electron chi connectivity index (χ0n) is 12.2. The van der Waals surface area contributed by atoms with Crippen LogP contribution in [-0.2, 0) is 0 Å². The molecular weight excluding hydrogens is 281 g/mol. The Bertz CT molecular complexity index is 463. The highest BCUT2D eigenvalue weighted by molar-refractivity contribution is 5.30. The van der Waals surface area contributed by atoms with Gasteiger partial charge in [-0.3, -0.25) is 0 Å². The molecule has 2 nitrogen and oxygen atoms in total. The van der Waals surface area contributed by atoms with Crippen LogP contribution >= 0.6 is 0 Å². The van der Waals surface area contributed by atoms with Crippen LogP contribution in [0.15, 0.2) is 24.3 Å². The molecule has 1 aliphatic carbocycles. The lowest BCUT2D eigenvalue weighted by Gasteiger charge is -2.34. The first kappa shape index (κ1) is 16.1. The molecule has 3 atom stereocenters. The topological polar surface area (TPSA) is 29.5 Å². The summed E-state index contributed by atoms with van der Waals surface area (Å²) in [5.74, 6) is 0.867. The Balaban J connectivity index is 2.11. The Hall–Kier alpha value is -1.23. The second kappa shape index (κ2) is 6.26. The first-order valence-electron chi connectivity index (χ1n) is 7.28. The van der Waals surface area contributed by atoms with E-state index in [0.29, 0.717) is 17.4 Å². The van der Waals surface area contributed by atoms with Crippen molar-refractivity contribution in [2.45, 2.75) is 45.6 Å². The molecule has 3 unspecified atom stereocenters. The summed E-state index contributed by atoms with van der Waals surface area (Å²) < 4.78 is 40.7. The minimum atomic E-state index is -4.71. The lowest BCUT2D eigenvalue weighted by molar-refractivity contribution is -0.274. The number of ether oxygens (including phenoxy) is 1. The fourth-order valence-electron chi connectivity index (χ4n) is 3.43. The van der Waals surface area contributed by atoms with Crippen LogP contribution in [0.3, 0.4) is 0 Å². The third-order valence-electron chi connectivity index (χ3n) is 4.09. The normalized spacial score (nSPS) is 28.2. The molecule has 0 bridgehead atoms. The largest absolute Gasteiger partial charge is 0.573 e. The Morgan fingerprint density at radius 3 is 2.33 bits per heavy atom. The summed E-state index contributed by atoms with van der Waals surface area (Å²) >= 11 is 0. The smallest absolute Gasteiger partial charge is 0.406 e. The zero-order valence-corrected chi connectivity index (χ0v) is 12.2. The van der Waals surface area contributed by atoms with Gasteiger partial charge in [0.05, 0.1) is 6.10 Å². The van der Waals surface area contributed by atoms with E-state index in [9.17, 15) is 18.3 Å². The Morgan fingerprint density at radius 2 is 1.76 bits per heavy atom. The van der Waals surface area contributed by atoms with Crippen LogP contribution < -0.4 is 4.74 Å². The highest BCUT2D eigenvalue weighted by Gasteiger charge is 2.32. The second-order valence-corrected chi connectivity index (χ2v) is 6.24. The van der Waals surface area contributed by atoms with Gasteiger partial charge in [-0.05, 0) is 54.7 Å². The van der Waals surface area contributed by atoms with E-state index < -0.39 is 12.5 Å². The van der Waals surface area contributed by atoms with Gasteiger partial charge in [-0.1, -0.05) is 26.0 Å². The maximum absolute atomic E-state index is 12.2. The molecule has 1 aliphatic rings. The molecular formula is C16H21F3O2. The quantitative estimate of drug-likeness (QED) is 0.877. The number of aliphatic hydroxyl groups excluding tert-OH is 1. The van der Waals surface area contributed by atoms with Gasteiger partial charge in [0.2, 0.25) is 0 Å². The molecule has 21 heavy (non-hydrogen) atoms. The van der Waals surface area contributed by atoms with Crippen molar-refractivity contribution in [2.24, 2.45) is 17.8 Å². The molecule has 0 aromatic heterocycles. The molecule has 0 aliphatic heterocycles. The standard InChI is InChI=1S/C16H21F3O2/c1-10-6-11(2)8-13(7-10)15(20)12-4-3-5-14(9-12)21-16(17,18)19/h3-5,9-11,13,15,20H,6-8H2,1-2H3. The van der Waals surface area contributed by atoms with Crippen molar-refractivity contribution in [1.29, 1.82) is 0 Å². The molecule has 1 aromatic carbocycles. The van der Waals surface area contributed by atoms with Crippen molar-refractivity contribution >= 4 is 0 Å². The number of halogens is 3. The summed E-state index contributed by atoms with van der Waals surface area (Å²) in [6.07, 6.45) is -2.52. The summed E-state index contributed by atoms with van der Waals surface area (Å²) in [6, 6.07) is 5.66. The molecule has 1 N–H and O–H groups in total. The molecule has 1 saturated carbocycles.